The zero-order chi connectivity index (χ0) is 22.7. The molecular weight excluding hydrogens is 483 g/mol. The fourth-order valence-electron chi connectivity index (χ4n) is 6.51. The standard InChI is InChI=1S/C32H36N2.2ClH/c1-3-13-31-27(7-1)9-5-11-29(31)23-33-19-15-25(16-20-33)26-17-21-34(22-18-26)24-30-12-6-10-28-8-2-4-14-32(28)30;;/h1-14,25-26H,15-24H2;2*1H. The van der Waals surface area contributed by atoms with Gasteiger partial charge in [-0.3, -0.25) is 9.80 Å². The molecule has 0 aliphatic carbocycles. The lowest BCUT2D eigenvalue weighted by Crippen LogP contribution is -2.40. The van der Waals surface area contributed by atoms with Crippen molar-refractivity contribution in [2.24, 2.45) is 11.8 Å². The first kappa shape index (κ1) is 26.9. The molecule has 6 rings (SSSR count). The molecule has 0 saturated carbocycles. The van der Waals surface area contributed by atoms with E-state index in [4.69, 9.17) is 0 Å². The maximum absolute atomic E-state index is 2.69. The Morgan fingerprint density at radius 1 is 0.472 bits per heavy atom. The highest BCUT2D eigenvalue weighted by Gasteiger charge is 2.29. The molecule has 0 N–H and O–H groups in total. The molecule has 0 spiro atoms. The molecule has 0 aromatic heterocycles. The summed E-state index contributed by atoms with van der Waals surface area (Å²) < 4.78 is 0. The van der Waals surface area contributed by atoms with E-state index in [1.165, 1.54) is 84.5 Å². The van der Waals surface area contributed by atoms with Gasteiger partial charge in [0.25, 0.3) is 0 Å². The van der Waals surface area contributed by atoms with Crippen LogP contribution in [-0.4, -0.2) is 36.0 Å². The number of fused-ring (bicyclic) bond motifs is 2. The first-order valence-corrected chi connectivity index (χ1v) is 13.2. The predicted octanol–water partition coefficient (Wildman–Crippen LogP) is 7.96. The van der Waals surface area contributed by atoms with Crippen LogP contribution >= 0.6 is 24.8 Å². The first-order chi connectivity index (χ1) is 16.8. The van der Waals surface area contributed by atoms with Crippen molar-refractivity contribution in [2.75, 3.05) is 26.2 Å². The minimum absolute atomic E-state index is 0. The van der Waals surface area contributed by atoms with Crippen LogP contribution in [0.1, 0.15) is 36.8 Å². The molecule has 2 aliphatic heterocycles. The summed E-state index contributed by atoms with van der Waals surface area (Å²) in [5.41, 5.74) is 2.97. The second-order valence-electron chi connectivity index (χ2n) is 10.5. The zero-order valence-electron chi connectivity index (χ0n) is 21.0. The molecule has 2 fully saturated rings. The smallest absolute Gasteiger partial charge is 0.0239 e. The summed E-state index contributed by atoms with van der Waals surface area (Å²) in [5, 5.41) is 5.58. The van der Waals surface area contributed by atoms with E-state index in [1.807, 2.05) is 0 Å². The van der Waals surface area contributed by atoms with Gasteiger partial charge in [-0.15, -0.1) is 24.8 Å². The monoisotopic (exact) mass is 520 g/mol. The van der Waals surface area contributed by atoms with Crippen molar-refractivity contribution in [3.63, 3.8) is 0 Å². The average molecular weight is 522 g/mol. The number of hydrogen-bond donors (Lipinski definition) is 0. The first-order valence-electron chi connectivity index (χ1n) is 13.2. The van der Waals surface area contributed by atoms with Gasteiger partial charge in [-0.25, -0.2) is 0 Å². The third kappa shape index (κ3) is 5.89. The Morgan fingerprint density at radius 3 is 1.25 bits per heavy atom. The molecule has 0 atom stereocenters. The number of piperidine rings is 2. The van der Waals surface area contributed by atoms with Gasteiger partial charge in [0.05, 0.1) is 0 Å². The average Bonchev–Trinajstić information content (AvgIpc) is 2.90. The van der Waals surface area contributed by atoms with Crippen LogP contribution in [0.3, 0.4) is 0 Å². The van der Waals surface area contributed by atoms with Gasteiger partial charge in [-0.1, -0.05) is 84.9 Å². The second kappa shape index (κ2) is 12.4. The van der Waals surface area contributed by atoms with Crippen molar-refractivity contribution in [1.82, 2.24) is 9.80 Å². The quantitative estimate of drug-likeness (QED) is 0.263. The topological polar surface area (TPSA) is 6.48 Å². The third-order valence-electron chi connectivity index (χ3n) is 8.48. The SMILES string of the molecule is Cl.Cl.c1ccc2c(CN3CCC(C4CCN(Cc5cccc6ccccc56)CC4)CC3)cccc2c1. The van der Waals surface area contributed by atoms with Crippen LogP contribution in [0.4, 0.5) is 0 Å². The van der Waals surface area contributed by atoms with Crippen molar-refractivity contribution >= 4 is 46.4 Å². The van der Waals surface area contributed by atoms with Gasteiger partial charge in [-0.2, -0.15) is 0 Å². The normalized spacial score (nSPS) is 18.1. The molecule has 2 saturated heterocycles. The summed E-state index contributed by atoms with van der Waals surface area (Å²) in [4.78, 5) is 5.38. The molecule has 0 radical (unpaired) electrons. The molecule has 190 valence electrons. The highest BCUT2D eigenvalue weighted by atomic mass is 35.5. The van der Waals surface area contributed by atoms with E-state index in [-0.39, 0.29) is 24.8 Å². The number of benzene rings is 4. The Balaban J connectivity index is 0.00000152. The highest BCUT2D eigenvalue weighted by Crippen LogP contribution is 2.34. The Labute approximate surface area is 228 Å². The lowest BCUT2D eigenvalue weighted by Gasteiger charge is -2.40. The van der Waals surface area contributed by atoms with Crippen LogP contribution in [0.2, 0.25) is 0 Å². The van der Waals surface area contributed by atoms with Crippen LogP contribution in [0.25, 0.3) is 21.5 Å². The summed E-state index contributed by atoms with van der Waals surface area (Å²) in [6, 6.07) is 31.2. The molecule has 36 heavy (non-hydrogen) atoms. The predicted molar refractivity (Wildman–Crippen MR) is 158 cm³/mol. The zero-order valence-corrected chi connectivity index (χ0v) is 22.7. The number of hydrogen-bond acceptors (Lipinski definition) is 2. The van der Waals surface area contributed by atoms with E-state index in [9.17, 15) is 0 Å². The molecule has 0 amide bonds. The lowest BCUT2D eigenvalue weighted by atomic mass is 9.78. The summed E-state index contributed by atoms with van der Waals surface area (Å²) in [5.74, 6) is 1.84. The van der Waals surface area contributed by atoms with Crippen LogP contribution in [0.15, 0.2) is 84.9 Å². The molecule has 0 bridgehead atoms. The van der Waals surface area contributed by atoms with E-state index in [0.29, 0.717) is 0 Å². The Bertz CT molecular complexity index is 1150. The van der Waals surface area contributed by atoms with Crippen molar-refractivity contribution in [3.05, 3.63) is 96.1 Å². The molecule has 4 heteroatoms. The van der Waals surface area contributed by atoms with Gasteiger partial charge in [0.1, 0.15) is 0 Å². The fraction of sp³-hybridized carbons (Fsp3) is 0.375. The molecular formula is C32H38Cl2N2. The Morgan fingerprint density at radius 2 is 0.833 bits per heavy atom. The highest BCUT2D eigenvalue weighted by molar-refractivity contribution is 5.86. The molecule has 2 heterocycles. The van der Waals surface area contributed by atoms with Crippen molar-refractivity contribution < 1.29 is 0 Å². The van der Waals surface area contributed by atoms with E-state index >= 15 is 0 Å². The van der Waals surface area contributed by atoms with Crippen LogP contribution < -0.4 is 0 Å². The van der Waals surface area contributed by atoms with Gasteiger partial charge < -0.3 is 0 Å². The van der Waals surface area contributed by atoms with Crippen LogP contribution in [-0.2, 0) is 13.1 Å². The second-order valence-corrected chi connectivity index (χ2v) is 10.5. The number of nitrogens with zero attached hydrogens (tertiary/aromatic N) is 2. The molecule has 2 aliphatic rings. The molecule has 0 unspecified atom stereocenters. The van der Waals surface area contributed by atoms with Gasteiger partial charge in [0, 0.05) is 13.1 Å². The Hall–Kier alpha value is -2.10. The molecule has 2 nitrogen and oxygen atoms in total. The Kier molecular flexibility index (Phi) is 9.30. The number of halogens is 2. The van der Waals surface area contributed by atoms with Gasteiger partial charge in [-0.05, 0) is 96.4 Å². The van der Waals surface area contributed by atoms with Crippen LogP contribution in [0.5, 0.6) is 0 Å². The summed E-state index contributed by atoms with van der Waals surface area (Å²) in [7, 11) is 0. The largest absolute Gasteiger partial charge is 0.299 e. The minimum atomic E-state index is 0. The van der Waals surface area contributed by atoms with Crippen molar-refractivity contribution in [3.8, 4) is 0 Å². The molecule has 4 aromatic rings. The van der Waals surface area contributed by atoms with Gasteiger partial charge in [0.15, 0.2) is 0 Å². The van der Waals surface area contributed by atoms with E-state index < -0.39 is 0 Å². The van der Waals surface area contributed by atoms with E-state index in [0.717, 1.165) is 24.9 Å². The third-order valence-corrected chi connectivity index (χ3v) is 8.48. The number of likely N-dealkylation sites (tertiary alicyclic amines) is 2. The summed E-state index contributed by atoms with van der Waals surface area (Å²) in [6.07, 6.45) is 5.50. The van der Waals surface area contributed by atoms with E-state index in [1.54, 1.807) is 0 Å². The minimum Gasteiger partial charge on any atom is -0.299 e. The van der Waals surface area contributed by atoms with Crippen molar-refractivity contribution in [2.45, 2.75) is 38.8 Å². The van der Waals surface area contributed by atoms with Gasteiger partial charge in [0.2, 0.25) is 0 Å². The van der Waals surface area contributed by atoms with Crippen LogP contribution in [0, 0.1) is 11.8 Å². The number of rotatable bonds is 5. The van der Waals surface area contributed by atoms with Crippen molar-refractivity contribution in [1.29, 1.82) is 0 Å². The lowest BCUT2D eigenvalue weighted by molar-refractivity contribution is 0.0913. The van der Waals surface area contributed by atoms with E-state index in [2.05, 4.69) is 94.7 Å². The van der Waals surface area contributed by atoms with Gasteiger partial charge >= 0.3 is 0 Å². The summed E-state index contributed by atoms with van der Waals surface area (Å²) >= 11 is 0. The maximum atomic E-state index is 2.69. The fourth-order valence-corrected chi connectivity index (χ4v) is 6.51. The molecule has 4 aromatic carbocycles. The maximum Gasteiger partial charge on any atom is 0.0239 e. The summed E-state index contributed by atoms with van der Waals surface area (Å²) in [6.45, 7) is 7.21.